The smallest absolute Gasteiger partial charge is 0.283 e. The van der Waals surface area contributed by atoms with Crippen LogP contribution < -0.4 is 4.74 Å². The first-order chi connectivity index (χ1) is 16.1. The van der Waals surface area contributed by atoms with Crippen LogP contribution in [-0.4, -0.2) is 27.0 Å². The summed E-state index contributed by atoms with van der Waals surface area (Å²) in [6.07, 6.45) is 7.59. The first kappa shape index (κ1) is 21.9. The molecule has 1 aliphatic carbocycles. The monoisotopic (exact) mass is 478 g/mol. The second kappa shape index (κ2) is 9.53. The van der Waals surface area contributed by atoms with Gasteiger partial charge in [-0.1, -0.05) is 61.2 Å². The number of rotatable bonds is 5. The van der Waals surface area contributed by atoms with Crippen molar-refractivity contribution in [3.8, 4) is 5.75 Å². The lowest BCUT2D eigenvalue weighted by Gasteiger charge is -2.20. The number of hydrogen-bond acceptors (Lipinski definition) is 5. The molecule has 168 valence electrons. The average Bonchev–Trinajstić information content (AvgIpc) is 3.27. The molecule has 1 amide bonds. The topological polar surface area (TPSA) is 78.1 Å². The number of amidine groups is 2. The van der Waals surface area contributed by atoms with E-state index in [1.807, 2.05) is 48.5 Å². The minimum Gasteiger partial charge on any atom is -0.489 e. The van der Waals surface area contributed by atoms with E-state index in [-0.39, 0.29) is 11.4 Å². The van der Waals surface area contributed by atoms with Gasteiger partial charge in [0.25, 0.3) is 5.91 Å². The van der Waals surface area contributed by atoms with Crippen molar-refractivity contribution in [3.63, 3.8) is 0 Å². The molecule has 0 aromatic heterocycles. The molecule has 5 rings (SSSR count). The van der Waals surface area contributed by atoms with Gasteiger partial charge >= 0.3 is 0 Å². The Morgan fingerprint density at radius 2 is 1.88 bits per heavy atom. The predicted molar refractivity (Wildman–Crippen MR) is 134 cm³/mol. The minimum absolute atomic E-state index is 0.0716. The lowest BCUT2D eigenvalue weighted by molar-refractivity contribution is -0.114. The number of hydrazone groups is 1. The Labute approximate surface area is 201 Å². The Hall–Kier alpha value is -2.90. The van der Waals surface area contributed by atoms with Crippen LogP contribution in [0.3, 0.4) is 0 Å². The summed E-state index contributed by atoms with van der Waals surface area (Å²) in [7, 11) is 0. The number of fused-ring (bicyclic) bond motifs is 1. The first-order valence-corrected chi connectivity index (χ1v) is 12.2. The van der Waals surface area contributed by atoms with E-state index in [4.69, 9.17) is 21.7 Å². The van der Waals surface area contributed by atoms with Crippen molar-refractivity contribution in [2.75, 3.05) is 0 Å². The van der Waals surface area contributed by atoms with Crippen LogP contribution >= 0.6 is 23.4 Å². The molecular weight excluding hydrogens is 456 g/mol. The molecule has 1 N–H and O–H groups in total. The van der Waals surface area contributed by atoms with E-state index in [0.717, 1.165) is 29.0 Å². The molecule has 0 spiro atoms. The number of hydrogen-bond donors (Lipinski definition) is 1. The number of benzene rings is 2. The van der Waals surface area contributed by atoms with E-state index in [1.165, 1.54) is 36.0 Å². The molecule has 1 fully saturated rings. The molecule has 0 saturated heterocycles. The fraction of sp³-hybridized carbons (Fsp3) is 0.280. The molecular formula is C25H23ClN4O2S. The molecule has 2 heterocycles. The highest BCUT2D eigenvalue weighted by atomic mass is 35.5. The van der Waals surface area contributed by atoms with Gasteiger partial charge in [0.15, 0.2) is 5.84 Å². The SMILES string of the molecule is N=C1/C(=C/c2ccc(OCc3ccccc3Cl)cc2)C(=O)N=C2SC(C3CCCCC3)=NN12. The van der Waals surface area contributed by atoms with Crippen LogP contribution in [0.2, 0.25) is 5.02 Å². The average molecular weight is 479 g/mol. The molecule has 0 radical (unpaired) electrons. The molecule has 0 bridgehead atoms. The zero-order valence-electron chi connectivity index (χ0n) is 18.0. The lowest BCUT2D eigenvalue weighted by Crippen LogP contribution is -2.35. The summed E-state index contributed by atoms with van der Waals surface area (Å²) in [6, 6.07) is 14.9. The van der Waals surface area contributed by atoms with Crippen molar-refractivity contribution in [1.82, 2.24) is 5.01 Å². The van der Waals surface area contributed by atoms with Gasteiger partial charge in [-0.15, -0.1) is 0 Å². The highest BCUT2D eigenvalue weighted by molar-refractivity contribution is 8.27. The van der Waals surface area contributed by atoms with E-state index < -0.39 is 5.91 Å². The number of nitrogens with one attached hydrogen (secondary N) is 1. The van der Waals surface area contributed by atoms with Crippen LogP contribution in [0.25, 0.3) is 6.08 Å². The third-order valence-corrected chi connectivity index (χ3v) is 7.41. The normalized spacial score (nSPS) is 20.0. The predicted octanol–water partition coefficient (Wildman–Crippen LogP) is 6.12. The summed E-state index contributed by atoms with van der Waals surface area (Å²) in [4.78, 5) is 16.9. The largest absolute Gasteiger partial charge is 0.489 e. The van der Waals surface area contributed by atoms with Crippen molar-refractivity contribution in [1.29, 1.82) is 5.41 Å². The molecule has 1 saturated carbocycles. The number of carbonyl (C=O) groups is 1. The summed E-state index contributed by atoms with van der Waals surface area (Å²) in [6.45, 7) is 0.370. The molecule has 3 aliphatic rings. The van der Waals surface area contributed by atoms with Crippen LogP contribution in [0.1, 0.15) is 43.2 Å². The maximum Gasteiger partial charge on any atom is 0.283 e. The maximum absolute atomic E-state index is 12.7. The van der Waals surface area contributed by atoms with Crippen molar-refractivity contribution in [3.05, 3.63) is 70.3 Å². The molecule has 6 nitrogen and oxygen atoms in total. The van der Waals surface area contributed by atoms with Gasteiger partial charge in [0.1, 0.15) is 17.4 Å². The number of thioether (sulfide) groups is 1. The van der Waals surface area contributed by atoms with Crippen molar-refractivity contribution < 1.29 is 9.53 Å². The molecule has 8 heteroatoms. The van der Waals surface area contributed by atoms with Gasteiger partial charge in [0.2, 0.25) is 5.17 Å². The standard InChI is InChI=1S/C25H23ClN4O2S/c26-21-9-5-4-8-18(21)15-32-19-12-10-16(11-13-19)14-20-22(27)30-25(28-23(20)31)33-24(29-30)17-6-2-1-3-7-17/h4-5,8-14,17,27H,1-3,6-7,15H2/b20-14-,27-22?. The Morgan fingerprint density at radius 1 is 1.12 bits per heavy atom. The fourth-order valence-corrected chi connectivity index (χ4v) is 5.37. The highest BCUT2D eigenvalue weighted by Crippen LogP contribution is 2.36. The van der Waals surface area contributed by atoms with E-state index in [0.29, 0.717) is 28.5 Å². The maximum atomic E-state index is 12.7. The fourth-order valence-electron chi connectivity index (χ4n) is 4.12. The lowest BCUT2D eigenvalue weighted by atomic mass is 9.90. The van der Waals surface area contributed by atoms with Gasteiger partial charge < -0.3 is 4.74 Å². The van der Waals surface area contributed by atoms with Crippen molar-refractivity contribution in [2.24, 2.45) is 16.0 Å². The molecule has 0 unspecified atom stereocenters. The van der Waals surface area contributed by atoms with Crippen LogP contribution in [0.5, 0.6) is 5.75 Å². The van der Waals surface area contributed by atoms with Gasteiger partial charge in [-0.2, -0.15) is 15.1 Å². The molecule has 0 atom stereocenters. The number of amides is 1. The summed E-state index contributed by atoms with van der Waals surface area (Å²) in [5.74, 6) is 0.769. The van der Waals surface area contributed by atoms with E-state index in [1.54, 1.807) is 6.08 Å². The molecule has 33 heavy (non-hydrogen) atoms. The summed E-state index contributed by atoms with van der Waals surface area (Å²) in [5, 5.41) is 16.9. The van der Waals surface area contributed by atoms with Gasteiger partial charge in [0.05, 0.1) is 5.57 Å². The third-order valence-electron chi connectivity index (χ3n) is 5.97. The third kappa shape index (κ3) is 4.75. The van der Waals surface area contributed by atoms with E-state index >= 15 is 0 Å². The number of aliphatic imine (C=N–C) groups is 1. The van der Waals surface area contributed by atoms with Crippen molar-refractivity contribution in [2.45, 2.75) is 38.7 Å². The van der Waals surface area contributed by atoms with E-state index in [2.05, 4.69) is 10.1 Å². The second-order valence-electron chi connectivity index (χ2n) is 8.24. The molecule has 2 aliphatic heterocycles. The first-order valence-electron chi connectivity index (χ1n) is 11.0. The van der Waals surface area contributed by atoms with Gasteiger partial charge in [-0.05, 0) is 54.4 Å². The highest BCUT2D eigenvalue weighted by Gasteiger charge is 2.37. The number of ether oxygens (including phenoxy) is 1. The number of nitrogens with zero attached hydrogens (tertiary/aromatic N) is 3. The summed E-state index contributed by atoms with van der Waals surface area (Å²) in [5.41, 5.74) is 1.94. The van der Waals surface area contributed by atoms with Crippen LogP contribution in [-0.2, 0) is 11.4 Å². The summed E-state index contributed by atoms with van der Waals surface area (Å²) < 4.78 is 5.82. The minimum atomic E-state index is -0.405. The van der Waals surface area contributed by atoms with Gasteiger partial charge in [-0.25, -0.2) is 0 Å². The molecule has 2 aromatic rings. The second-order valence-corrected chi connectivity index (χ2v) is 9.64. The Balaban J connectivity index is 1.29. The Bertz CT molecular complexity index is 1180. The zero-order valence-corrected chi connectivity index (χ0v) is 19.5. The number of halogens is 1. The Kier molecular flexibility index (Phi) is 6.33. The number of carbonyl (C=O) groups excluding carboxylic acids is 1. The zero-order chi connectivity index (χ0) is 22.8. The van der Waals surface area contributed by atoms with Crippen LogP contribution in [0.15, 0.2) is 64.2 Å². The molecule has 2 aromatic carbocycles. The quantitative estimate of drug-likeness (QED) is 0.525. The van der Waals surface area contributed by atoms with E-state index in [9.17, 15) is 4.79 Å². The van der Waals surface area contributed by atoms with Crippen molar-refractivity contribution >= 4 is 51.4 Å². The van der Waals surface area contributed by atoms with Gasteiger partial charge in [0, 0.05) is 16.5 Å². The van der Waals surface area contributed by atoms with Crippen LogP contribution in [0.4, 0.5) is 0 Å². The Morgan fingerprint density at radius 3 is 2.64 bits per heavy atom. The van der Waals surface area contributed by atoms with Gasteiger partial charge in [-0.3, -0.25) is 10.2 Å². The van der Waals surface area contributed by atoms with Crippen LogP contribution in [0, 0.1) is 11.3 Å². The summed E-state index contributed by atoms with van der Waals surface area (Å²) >= 11 is 7.61.